The molecule has 0 unspecified atom stereocenters. The molecule has 0 saturated heterocycles. The highest BCUT2D eigenvalue weighted by molar-refractivity contribution is 5.91. The molecular formula is C19H17F3N2O3. The molecule has 0 atom stereocenters. The van der Waals surface area contributed by atoms with E-state index >= 15 is 0 Å². The molecule has 0 aliphatic carbocycles. The first kappa shape index (κ1) is 18.6. The molecule has 8 heteroatoms. The molecule has 0 aliphatic rings. The molecule has 2 aromatic carbocycles. The second-order valence-electron chi connectivity index (χ2n) is 5.80. The zero-order valence-corrected chi connectivity index (χ0v) is 14.4. The molecular weight excluding hydrogens is 361 g/mol. The van der Waals surface area contributed by atoms with Gasteiger partial charge in [-0.25, -0.2) is 0 Å². The Bertz CT molecular complexity index is 934. The number of anilines is 1. The third-order valence-electron chi connectivity index (χ3n) is 3.93. The second kappa shape index (κ2) is 7.61. The van der Waals surface area contributed by atoms with Gasteiger partial charge in [0.15, 0.2) is 0 Å². The number of halogens is 3. The largest absolute Gasteiger partial charge is 0.573 e. The Labute approximate surface area is 153 Å². The van der Waals surface area contributed by atoms with Crippen LogP contribution in [0.5, 0.6) is 11.5 Å². The molecule has 5 nitrogen and oxygen atoms in total. The first-order chi connectivity index (χ1) is 12.8. The summed E-state index contributed by atoms with van der Waals surface area (Å²) in [5.41, 5.74) is 1.38. The maximum atomic E-state index is 12.1. The molecule has 0 bridgehead atoms. The van der Waals surface area contributed by atoms with E-state index in [-0.39, 0.29) is 18.1 Å². The maximum Gasteiger partial charge on any atom is 0.573 e. The fourth-order valence-corrected chi connectivity index (χ4v) is 2.69. The number of ether oxygens (including phenoxy) is 2. The molecule has 0 saturated carbocycles. The molecule has 0 fully saturated rings. The Hall–Kier alpha value is -3.16. The van der Waals surface area contributed by atoms with Crippen LogP contribution in [0.4, 0.5) is 18.9 Å². The fourth-order valence-electron chi connectivity index (χ4n) is 2.69. The molecule has 142 valence electrons. The average Bonchev–Trinajstić information content (AvgIpc) is 3.02. The number of aryl methyl sites for hydroxylation is 1. The standard InChI is InChI=1S/C19H17F3N2O3/c1-26-16-6-7-17-13(12-16)8-10-24(17)11-9-18(25)23-14-2-4-15(5-3-14)27-19(20,21)22/h2-8,10,12H,9,11H2,1H3,(H,23,25). The Morgan fingerprint density at radius 3 is 2.44 bits per heavy atom. The molecule has 3 aromatic rings. The quantitative estimate of drug-likeness (QED) is 0.683. The van der Waals surface area contributed by atoms with Crippen LogP contribution in [0.15, 0.2) is 54.7 Å². The van der Waals surface area contributed by atoms with Crippen LogP contribution < -0.4 is 14.8 Å². The highest BCUT2D eigenvalue weighted by atomic mass is 19.4. The van der Waals surface area contributed by atoms with Crippen molar-refractivity contribution in [3.63, 3.8) is 0 Å². The van der Waals surface area contributed by atoms with Crippen LogP contribution in [-0.2, 0) is 11.3 Å². The first-order valence-electron chi connectivity index (χ1n) is 8.12. The third-order valence-corrected chi connectivity index (χ3v) is 3.93. The number of hydrogen-bond acceptors (Lipinski definition) is 3. The normalized spacial score (nSPS) is 11.4. The SMILES string of the molecule is COc1ccc2c(ccn2CCC(=O)Nc2ccc(OC(F)(F)F)cc2)c1. The van der Waals surface area contributed by atoms with Gasteiger partial charge in [0.1, 0.15) is 11.5 Å². The Kier molecular flexibility index (Phi) is 5.25. The highest BCUT2D eigenvalue weighted by Gasteiger charge is 2.30. The number of aromatic nitrogens is 1. The number of nitrogens with zero attached hydrogens (tertiary/aromatic N) is 1. The molecule has 0 aliphatic heterocycles. The minimum atomic E-state index is -4.74. The molecule has 0 radical (unpaired) electrons. The number of fused-ring (bicyclic) bond motifs is 1. The van der Waals surface area contributed by atoms with Crippen molar-refractivity contribution in [1.82, 2.24) is 4.57 Å². The van der Waals surface area contributed by atoms with Crippen LogP contribution in [0.2, 0.25) is 0 Å². The lowest BCUT2D eigenvalue weighted by molar-refractivity contribution is -0.274. The van der Waals surface area contributed by atoms with Crippen molar-refractivity contribution >= 4 is 22.5 Å². The van der Waals surface area contributed by atoms with Gasteiger partial charge in [-0.2, -0.15) is 0 Å². The highest BCUT2D eigenvalue weighted by Crippen LogP contribution is 2.24. The number of nitrogens with one attached hydrogen (secondary N) is 1. The average molecular weight is 378 g/mol. The number of benzene rings is 2. The van der Waals surface area contributed by atoms with Gasteiger partial charge in [-0.3, -0.25) is 4.79 Å². The first-order valence-corrected chi connectivity index (χ1v) is 8.12. The van der Waals surface area contributed by atoms with Crippen LogP contribution in [0, 0.1) is 0 Å². The Morgan fingerprint density at radius 2 is 1.78 bits per heavy atom. The van der Waals surface area contributed by atoms with Gasteiger partial charge in [-0.15, -0.1) is 13.2 Å². The van der Waals surface area contributed by atoms with E-state index in [1.54, 1.807) is 7.11 Å². The molecule has 3 rings (SSSR count). The zero-order valence-electron chi connectivity index (χ0n) is 14.4. The van der Waals surface area contributed by atoms with Crippen LogP contribution >= 0.6 is 0 Å². The van der Waals surface area contributed by atoms with Crippen LogP contribution in [-0.4, -0.2) is 23.9 Å². The summed E-state index contributed by atoms with van der Waals surface area (Å²) in [7, 11) is 1.60. The Balaban J connectivity index is 1.57. The summed E-state index contributed by atoms with van der Waals surface area (Å²) in [5, 5.41) is 3.66. The van der Waals surface area contributed by atoms with Crippen molar-refractivity contribution < 1.29 is 27.4 Å². The second-order valence-corrected chi connectivity index (χ2v) is 5.80. The van der Waals surface area contributed by atoms with E-state index in [4.69, 9.17) is 4.74 Å². The van der Waals surface area contributed by atoms with Gasteiger partial charge in [-0.05, 0) is 48.5 Å². The molecule has 1 aromatic heterocycles. The maximum absolute atomic E-state index is 12.1. The van der Waals surface area contributed by atoms with Crippen LogP contribution in [0.25, 0.3) is 10.9 Å². The van der Waals surface area contributed by atoms with E-state index in [9.17, 15) is 18.0 Å². The lowest BCUT2D eigenvalue weighted by Crippen LogP contribution is -2.17. The van der Waals surface area contributed by atoms with Crippen molar-refractivity contribution in [1.29, 1.82) is 0 Å². The van der Waals surface area contributed by atoms with Crippen LogP contribution in [0.1, 0.15) is 6.42 Å². The zero-order chi connectivity index (χ0) is 19.4. The molecule has 0 spiro atoms. The molecule has 1 heterocycles. The van der Waals surface area contributed by atoms with Crippen molar-refractivity contribution in [2.45, 2.75) is 19.3 Å². The van der Waals surface area contributed by atoms with Crippen LogP contribution in [0.3, 0.4) is 0 Å². The predicted molar refractivity (Wildman–Crippen MR) is 94.9 cm³/mol. The van der Waals surface area contributed by atoms with Gasteiger partial charge in [-0.1, -0.05) is 0 Å². The minimum absolute atomic E-state index is 0.219. The number of methoxy groups -OCH3 is 1. The number of amides is 1. The summed E-state index contributed by atoms with van der Waals surface area (Å²) in [4.78, 5) is 12.1. The summed E-state index contributed by atoms with van der Waals surface area (Å²) in [6.07, 6.45) is -2.63. The van der Waals surface area contributed by atoms with Gasteiger partial charge >= 0.3 is 6.36 Å². The Morgan fingerprint density at radius 1 is 1.07 bits per heavy atom. The van der Waals surface area contributed by atoms with Crippen molar-refractivity contribution in [2.75, 3.05) is 12.4 Å². The van der Waals surface area contributed by atoms with E-state index in [1.165, 1.54) is 12.1 Å². The van der Waals surface area contributed by atoms with E-state index in [0.29, 0.717) is 12.2 Å². The summed E-state index contributed by atoms with van der Waals surface area (Å²) >= 11 is 0. The summed E-state index contributed by atoms with van der Waals surface area (Å²) in [5.74, 6) is 0.181. The molecule has 1 amide bonds. The van der Waals surface area contributed by atoms with Crippen molar-refractivity contribution in [2.24, 2.45) is 0 Å². The number of carbonyl (C=O) groups is 1. The third kappa shape index (κ3) is 4.93. The number of rotatable bonds is 6. The summed E-state index contributed by atoms with van der Waals surface area (Å²) in [6.45, 7) is 0.469. The van der Waals surface area contributed by atoms with Gasteiger partial charge in [0, 0.05) is 35.8 Å². The van der Waals surface area contributed by atoms with E-state index < -0.39 is 6.36 Å². The number of carbonyl (C=O) groups excluding carboxylic acids is 1. The summed E-state index contributed by atoms with van der Waals surface area (Å²) < 4.78 is 47.3. The van der Waals surface area contributed by atoms with E-state index in [1.807, 2.05) is 35.0 Å². The number of alkyl halides is 3. The minimum Gasteiger partial charge on any atom is -0.497 e. The van der Waals surface area contributed by atoms with Gasteiger partial charge in [0.2, 0.25) is 5.91 Å². The van der Waals surface area contributed by atoms with Crippen molar-refractivity contribution in [3.8, 4) is 11.5 Å². The lowest BCUT2D eigenvalue weighted by Gasteiger charge is -2.10. The monoisotopic (exact) mass is 378 g/mol. The van der Waals surface area contributed by atoms with Gasteiger partial charge in [0.25, 0.3) is 0 Å². The van der Waals surface area contributed by atoms with Gasteiger partial charge in [0.05, 0.1) is 7.11 Å². The molecule has 27 heavy (non-hydrogen) atoms. The smallest absolute Gasteiger partial charge is 0.497 e. The van der Waals surface area contributed by atoms with Gasteiger partial charge < -0.3 is 19.4 Å². The molecule has 1 N–H and O–H groups in total. The lowest BCUT2D eigenvalue weighted by atomic mass is 10.2. The predicted octanol–water partition coefficient (Wildman–Crippen LogP) is 4.58. The van der Waals surface area contributed by atoms with E-state index in [2.05, 4.69) is 10.1 Å². The summed E-state index contributed by atoms with van der Waals surface area (Å²) in [6, 6.07) is 12.6. The topological polar surface area (TPSA) is 52.5 Å². The van der Waals surface area contributed by atoms with E-state index in [0.717, 1.165) is 28.8 Å². The fraction of sp³-hybridized carbons (Fsp3) is 0.211. The number of hydrogen-bond donors (Lipinski definition) is 1. The van der Waals surface area contributed by atoms with Crippen molar-refractivity contribution in [3.05, 3.63) is 54.7 Å².